The lowest BCUT2D eigenvalue weighted by Crippen LogP contribution is -2.38. The first-order valence-electron chi connectivity index (χ1n) is 12.9. The van der Waals surface area contributed by atoms with E-state index in [0.29, 0.717) is 27.6 Å². The molecule has 208 valence electrons. The molecule has 3 aliphatic rings. The van der Waals surface area contributed by atoms with Crippen molar-refractivity contribution in [1.29, 1.82) is 0 Å². The number of rotatable bonds is 6. The van der Waals surface area contributed by atoms with Crippen LogP contribution in [0.25, 0.3) is 0 Å². The molecule has 0 fully saturated rings. The van der Waals surface area contributed by atoms with Gasteiger partial charge in [-0.05, 0) is 61.6 Å². The van der Waals surface area contributed by atoms with E-state index < -0.39 is 39.4 Å². The number of hydrogen-bond donors (Lipinski definition) is 1. The van der Waals surface area contributed by atoms with Gasteiger partial charge in [-0.3, -0.25) is 9.59 Å². The van der Waals surface area contributed by atoms with Gasteiger partial charge in [0.1, 0.15) is 11.5 Å². The molecule has 0 spiro atoms. The van der Waals surface area contributed by atoms with Crippen molar-refractivity contribution in [2.45, 2.75) is 42.8 Å². The molecule has 3 heterocycles. The summed E-state index contributed by atoms with van der Waals surface area (Å²) in [5, 5.41) is 2.00. The van der Waals surface area contributed by atoms with E-state index in [-0.39, 0.29) is 30.4 Å². The topological polar surface area (TPSA) is 128 Å². The van der Waals surface area contributed by atoms with Crippen LogP contribution in [-0.2, 0) is 37.0 Å². The van der Waals surface area contributed by atoms with Gasteiger partial charge in [0.2, 0.25) is 18.6 Å². The fraction of sp³-hybridized carbons (Fsp3) is 0.321. The van der Waals surface area contributed by atoms with E-state index in [2.05, 4.69) is 5.32 Å². The highest BCUT2D eigenvalue weighted by atomic mass is 32.2. The Morgan fingerprint density at radius 1 is 1.12 bits per heavy atom. The van der Waals surface area contributed by atoms with E-state index in [1.807, 2.05) is 0 Å². The van der Waals surface area contributed by atoms with Crippen LogP contribution in [0, 0.1) is 0 Å². The Balaban J connectivity index is 1.31. The van der Waals surface area contributed by atoms with Gasteiger partial charge in [0.05, 0.1) is 28.0 Å². The highest BCUT2D eigenvalue weighted by molar-refractivity contribution is 7.92. The van der Waals surface area contributed by atoms with Gasteiger partial charge in [0, 0.05) is 11.3 Å². The lowest BCUT2D eigenvalue weighted by atomic mass is 10.1. The molecule has 6 rings (SSSR count). The Labute approximate surface area is 234 Å². The Hall–Kier alpha value is -3.90. The summed E-state index contributed by atoms with van der Waals surface area (Å²) >= 11 is 1.34. The van der Waals surface area contributed by atoms with E-state index in [1.165, 1.54) is 28.4 Å². The van der Waals surface area contributed by atoms with Crippen molar-refractivity contribution in [3.8, 4) is 11.5 Å². The standard InChI is InChI=1S/C28H26N2O8S2/c1-2-36-28(33)26-17-6-5-8-21(17)39-27(26)29-24(31)14-30-18-7-3-4-9-22(18)40(34,35)23(13-25(30)32)16-10-11-19-20(12-16)38-15-37-19/h3-4,7,9-12,23H,2,5-6,8,13-15H2,1H3,(H,29,31). The van der Waals surface area contributed by atoms with E-state index in [1.54, 1.807) is 37.3 Å². The van der Waals surface area contributed by atoms with Crippen molar-refractivity contribution >= 4 is 49.6 Å². The quantitative estimate of drug-likeness (QED) is 0.432. The number of nitrogens with one attached hydrogen (secondary N) is 1. The summed E-state index contributed by atoms with van der Waals surface area (Å²) in [5.74, 6) is -0.653. The molecule has 0 bridgehead atoms. The zero-order chi connectivity index (χ0) is 28.0. The number of nitrogens with zero attached hydrogens (tertiary/aromatic N) is 1. The third kappa shape index (κ3) is 4.50. The number of thiophene rings is 1. The molecule has 0 radical (unpaired) electrons. The monoisotopic (exact) mass is 582 g/mol. The Kier molecular flexibility index (Phi) is 6.75. The summed E-state index contributed by atoms with van der Waals surface area (Å²) < 4.78 is 43.7. The second kappa shape index (κ2) is 10.3. The second-order valence-corrected chi connectivity index (χ2v) is 12.8. The summed E-state index contributed by atoms with van der Waals surface area (Å²) in [7, 11) is -4.02. The molecular formula is C28H26N2O8S2. The summed E-state index contributed by atoms with van der Waals surface area (Å²) in [6, 6.07) is 11.0. The minimum atomic E-state index is -4.02. The number of ether oxygens (including phenoxy) is 3. The molecule has 2 aliphatic heterocycles. The Bertz CT molecular complexity index is 1650. The number of benzene rings is 2. The lowest BCUT2D eigenvalue weighted by molar-refractivity contribution is -0.121. The Morgan fingerprint density at radius 3 is 2.75 bits per heavy atom. The number of esters is 1. The number of hydrogen-bond acceptors (Lipinski definition) is 9. The summed E-state index contributed by atoms with van der Waals surface area (Å²) in [6.07, 6.45) is 2.11. The van der Waals surface area contributed by atoms with Crippen LogP contribution in [0.4, 0.5) is 10.7 Å². The third-order valence-corrected chi connectivity index (χ3v) is 10.6. The average molecular weight is 583 g/mol. The molecule has 1 unspecified atom stereocenters. The zero-order valence-electron chi connectivity index (χ0n) is 21.6. The van der Waals surface area contributed by atoms with Crippen molar-refractivity contribution in [2.75, 3.05) is 30.2 Å². The van der Waals surface area contributed by atoms with Crippen LogP contribution in [0.2, 0.25) is 0 Å². The van der Waals surface area contributed by atoms with Crippen molar-refractivity contribution in [3.05, 3.63) is 64.0 Å². The summed E-state index contributed by atoms with van der Waals surface area (Å²) in [4.78, 5) is 41.8. The lowest BCUT2D eigenvalue weighted by Gasteiger charge is -2.21. The van der Waals surface area contributed by atoms with E-state index in [4.69, 9.17) is 14.2 Å². The van der Waals surface area contributed by atoms with Crippen molar-refractivity contribution in [1.82, 2.24) is 0 Å². The van der Waals surface area contributed by atoms with Crippen LogP contribution >= 0.6 is 11.3 Å². The summed E-state index contributed by atoms with van der Waals surface area (Å²) in [5.41, 5.74) is 1.78. The van der Waals surface area contributed by atoms with Gasteiger partial charge < -0.3 is 24.4 Å². The maximum absolute atomic E-state index is 13.9. The Morgan fingerprint density at radius 2 is 1.93 bits per heavy atom. The number of amides is 2. The molecule has 1 aromatic heterocycles. The molecule has 0 saturated heterocycles. The summed E-state index contributed by atoms with van der Waals surface area (Å²) in [6.45, 7) is 1.53. The van der Waals surface area contributed by atoms with Crippen LogP contribution in [0.3, 0.4) is 0 Å². The molecule has 2 aromatic carbocycles. The fourth-order valence-corrected chi connectivity index (χ4v) is 8.60. The highest BCUT2D eigenvalue weighted by Crippen LogP contribution is 2.44. The number of carbonyl (C=O) groups is 3. The molecule has 1 atom stereocenters. The SMILES string of the molecule is CCOC(=O)c1c(NC(=O)CN2C(=O)CC(c3ccc4c(c3)OCO4)S(=O)(=O)c3ccccc32)sc2c1CCC2. The molecule has 1 N–H and O–H groups in total. The number of fused-ring (bicyclic) bond motifs is 3. The third-order valence-electron chi connectivity index (χ3n) is 7.22. The van der Waals surface area contributed by atoms with Gasteiger partial charge in [-0.15, -0.1) is 11.3 Å². The molecule has 0 saturated carbocycles. The number of para-hydroxylation sites is 1. The molecule has 1 aliphatic carbocycles. The first-order valence-corrected chi connectivity index (χ1v) is 15.3. The van der Waals surface area contributed by atoms with Gasteiger partial charge in [0.25, 0.3) is 0 Å². The molecular weight excluding hydrogens is 556 g/mol. The van der Waals surface area contributed by atoms with Gasteiger partial charge >= 0.3 is 5.97 Å². The number of aryl methyl sites for hydroxylation is 1. The van der Waals surface area contributed by atoms with E-state index in [9.17, 15) is 22.8 Å². The molecule has 10 nitrogen and oxygen atoms in total. The molecule has 40 heavy (non-hydrogen) atoms. The smallest absolute Gasteiger partial charge is 0.341 e. The number of anilines is 2. The normalized spacial score (nSPS) is 18.6. The van der Waals surface area contributed by atoms with E-state index in [0.717, 1.165) is 29.7 Å². The number of sulfone groups is 1. The van der Waals surface area contributed by atoms with Crippen LogP contribution in [0.5, 0.6) is 11.5 Å². The van der Waals surface area contributed by atoms with Crippen molar-refractivity contribution in [2.24, 2.45) is 0 Å². The number of carbonyl (C=O) groups excluding carboxylic acids is 3. The average Bonchev–Trinajstić information content (AvgIpc) is 3.65. The van der Waals surface area contributed by atoms with Crippen LogP contribution < -0.4 is 19.7 Å². The molecule has 3 aromatic rings. The van der Waals surface area contributed by atoms with Gasteiger partial charge in [-0.2, -0.15) is 0 Å². The van der Waals surface area contributed by atoms with Gasteiger partial charge in [0.15, 0.2) is 21.3 Å². The van der Waals surface area contributed by atoms with E-state index >= 15 is 0 Å². The highest BCUT2D eigenvalue weighted by Gasteiger charge is 2.40. The fourth-order valence-electron chi connectivity index (χ4n) is 5.39. The largest absolute Gasteiger partial charge is 0.462 e. The second-order valence-electron chi connectivity index (χ2n) is 9.63. The minimum absolute atomic E-state index is 0.0337. The predicted molar refractivity (Wildman–Crippen MR) is 147 cm³/mol. The van der Waals surface area contributed by atoms with Crippen molar-refractivity contribution < 1.29 is 37.0 Å². The van der Waals surface area contributed by atoms with Crippen LogP contribution in [-0.4, -0.2) is 46.1 Å². The predicted octanol–water partition coefficient (Wildman–Crippen LogP) is 4.03. The maximum atomic E-state index is 13.9. The van der Waals surface area contributed by atoms with Crippen LogP contribution in [0.15, 0.2) is 47.4 Å². The van der Waals surface area contributed by atoms with Crippen molar-refractivity contribution in [3.63, 3.8) is 0 Å². The molecule has 2 amide bonds. The van der Waals surface area contributed by atoms with Gasteiger partial charge in [-0.1, -0.05) is 18.2 Å². The van der Waals surface area contributed by atoms with Crippen LogP contribution in [0.1, 0.15) is 51.4 Å². The van der Waals surface area contributed by atoms with Gasteiger partial charge in [-0.25, -0.2) is 13.2 Å². The first-order chi connectivity index (χ1) is 19.3. The molecule has 12 heteroatoms. The minimum Gasteiger partial charge on any atom is -0.462 e. The first kappa shape index (κ1) is 26.3. The zero-order valence-corrected chi connectivity index (χ0v) is 23.2. The maximum Gasteiger partial charge on any atom is 0.341 e.